The number of fused-ring (bicyclic) bond motifs is 1. The van der Waals surface area contributed by atoms with Gasteiger partial charge in [-0.05, 0) is 49.3 Å². The van der Waals surface area contributed by atoms with E-state index in [2.05, 4.69) is 5.32 Å². The summed E-state index contributed by atoms with van der Waals surface area (Å²) in [7, 11) is 0. The fourth-order valence-corrected chi connectivity index (χ4v) is 3.71. The van der Waals surface area contributed by atoms with Crippen LogP contribution in [0.5, 0.6) is 0 Å². The van der Waals surface area contributed by atoms with Gasteiger partial charge in [-0.15, -0.1) is 0 Å². The molecule has 5 heteroatoms. The summed E-state index contributed by atoms with van der Waals surface area (Å²) in [6, 6.07) is 4.87. The number of hydrogen-bond acceptors (Lipinski definition) is 1. The van der Waals surface area contributed by atoms with E-state index in [4.69, 9.17) is 0 Å². The molecule has 3 rings (SSSR count). The Morgan fingerprint density at radius 3 is 2.67 bits per heavy atom. The number of alkyl halides is 3. The summed E-state index contributed by atoms with van der Waals surface area (Å²) in [5.41, 5.74) is 1.64. The lowest BCUT2D eigenvalue weighted by Crippen LogP contribution is -2.40. The first kappa shape index (κ1) is 14.8. The van der Waals surface area contributed by atoms with Crippen molar-refractivity contribution in [3.8, 4) is 0 Å². The second kappa shape index (κ2) is 5.59. The van der Waals surface area contributed by atoms with E-state index in [1.807, 2.05) is 6.07 Å². The standard InChI is InChI=1S/C16H19F4N/c17-14-6-2-5-13-12(14)7-8-15(13)21-11-4-1-3-10(9-11)16(18,19)20/h2,5-6,10-11,15,21H,1,3-4,7-9H2. The summed E-state index contributed by atoms with van der Waals surface area (Å²) in [6.07, 6.45) is -0.918. The maximum Gasteiger partial charge on any atom is 0.391 e. The van der Waals surface area contributed by atoms with Crippen LogP contribution in [0.4, 0.5) is 17.6 Å². The van der Waals surface area contributed by atoms with Gasteiger partial charge in [-0.2, -0.15) is 13.2 Å². The van der Waals surface area contributed by atoms with Crippen molar-refractivity contribution in [3.63, 3.8) is 0 Å². The van der Waals surface area contributed by atoms with Crippen LogP contribution in [0.2, 0.25) is 0 Å². The summed E-state index contributed by atoms with van der Waals surface area (Å²) < 4.78 is 52.2. The van der Waals surface area contributed by atoms with Crippen LogP contribution >= 0.6 is 0 Å². The van der Waals surface area contributed by atoms with Crippen LogP contribution in [-0.4, -0.2) is 12.2 Å². The largest absolute Gasteiger partial charge is 0.391 e. The molecule has 1 nitrogen and oxygen atoms in total. The minimum absolute atomic E-state index is 0.00677. The van der Waals surface area contributed by atoms with Crippen molar-refractivity contribution in [2.24, 2.45) is 5.92 Å². The molecule has 1 fully saturated rings. The molecule has 116 valence electrons. The molecule has 0 aliphatic heterocycles. The van der Waals surface area contributed by atoms with Crippen LogP contribution in [0.3, 0.4) is 0 Å². The lowest BCUT2D eigenvalue weighted by molar-refractivity contribution is -0.183. The highest BCUT2D eigenvalue weighted by molar-refractivity contribution is 5.35. The van der Waals surface area contributed by atoms with E-state index in [0.717, 1.165) is 24.0 Å². The third-order valence-electron chi connectivity index (χ3n) is 4.79. The molecule has 0 aromatic heterocycles. The molecule has 1 N–H and O–H groups in total. The SMILES string of the molecule is Fc1cccc2c1CCC2NC1CCCC(C(F)(F)F)C1. The molecule has 0 spiro atoms. The zero-order chi connectivity index (χ0) is 15.0. The van der Waals surface area contributed by atoms with E-state index < -0.39 is 12.1 Å². The van der Waals surface area contributed by atoms with Crippen molar-refractivity contribution in [1.29, 1.82) is 0 Å². The Bertz CT molecular complexity index is 511. The van der Waals surface area contributed by atoms with Gasteiger partial charge < -0.3 is 5.32 Å². The molecule has 1 aromatic rings. The van der Waals surface area contributed by atoms with Crippen molar-refractivity contribution >= 4 is 0 Å². The van der Waals surface area contributed by atoms with Gasteiger partial charge in [0, 0.05) is 12.1 Å². The average Bonchev–Trinajstić information content (AvgIpc) is 2.83. The van der Waals surface area contributed by atoms with Crippen molar-refractivity contribution in [1.82, 2.24) is 5.32 Å². The van der Waals surface area contributed by atoms with Crippen LogP contribution in [0.15, 0.2) is 18.2 Å². The topological polar surface area (TPSA) is 12.0 Å². The number of rotatable bonds is 2. The third kappa shape index (κ3) is 3.07. The molecule has 1 aromatic carbocycles. The number of benzene rings is 1. The molecule has 3 unspecified atom stereocenters. The molecule has 0 amide bonds. The van der Waals surface area contributed by atoms with Crippen LogP contribution < -0.4 is 5.32 Å². The molecule has 0 bridgehead atoms. The summed E-state index contributed by atoms with van der Waals surface area (Å²) in [4.78, 5) is 0. The second-order valence-electron chi connectivity index (χ2n) is 6.17. The highest BCUT2D eigenvalue weighted by atomic mass is 19.4. The molecule has 2 aliphatic carbocycles. The molecule has 1 saturated carbocycles. The van der Waals surface area contributed by atoms with E-state index in [1.165, 1.54) is 6.07 Å². The highest BCUT2D eigenvalue weighted by Crippen LogP contribution is 2.39. The quantitative estimate of drug-likeness (QED) is 0.792. The summed E-state index contributed by atoms with van der Waals surface area (Å²) >= 11 is 0. The van der Waals surface area contributed by atoms with Gasteiger partial charge in [-0.3, -0.25) is 0 Å². The van der Waals surface area contributed by atoms with Crippen LogP contribution in [0, 0.1) is 11.7 Å². The fraction of sp³-hybridized carbons (Fsp3) is 0.625. The highest BCUT2D eigenvalue weighted by Gasteiger charge is 2.42. The lowest BCUT2D eigenvalue weighted by atomic mass is 9.84. The van der Waals surface area contributed by atoms with Gasteiger partial charge in [0.05, 0.1) is 5.92 Å². The monoisotopic (exact) mass is 301 g/mol. The Labute approximate surface area is 121 Å². The Morgan fingerprint density at radius 1 is 1.10 bits per heavy atom. The Morgan fingerprint density at radius 2 is 1.90 bits per heavy atom. The molecule has 0 radical (unpaired) electrons. The van der Waals surface area contributed by atoms with Crippen molar-refractivity contribution in [2.75, 3.05) is 0 Å². The van der Waals surface area contributed by atoms with Gasteiger partial charge in [-0.1, -0.05) is 18.6 Å². The first-order valence-electron chi connectivity index (χ1n) is 7.55. The lowest BCUT2D eigenvalue weighted by Gasteiger charge is -2.33. The molecule has 21 heavy (non-hydrogen) atoms. The van der Waals surface area contributed by atoms with Gasteiger partial charge in [0.2, 0.25) is 0 Å². The summed E-state index contributed by atoms with van der Waals surface area (Å²) in [5.74, 6) is -1.40. The van der Waals surface area contributed by atoms with Crippen molar-refractivity contribution in [2.45, 2.75) is 56.8 Å². The first-order valence-corrected chi connectivity index (χ1v) is 7.55. The fourth-order valence-electron chi connectivity index (χ4n) is 3.71. The van der Waals surface area contributed by atoms with Crippen LogP contribution in [0.1, 0.15) is 49.3 Å². The molecule has 0 heterocycles. The first-order chi connectivity index (χ1) is 9.95. The summed E-state index contributed by atoms with van der Waals surface area (Å²) in [6.45, 7) is 0. The minimum Gasteiger partial charge on any atom is -0.307 e. The third-order valence-corrected chi connectivity index (χ3v) is 4.79. The van der Waals surface area contributed by atoms with Gasteiger partial charge in [0.1, 0.15) is 5.82 Å². The van der Waals surface area contributed by atoms with E-state index in [9.17, 15) is 17.6 Å². The Hall–Kier alpha value is -1.10. The van der Waals surface area contributed by atoms with E-state index in [-0.39, 0.29) is 30.7 Å². The number of hydrogen-bond donors (Lipinski definition) is 1. The summed E-state index contributed by atoms with van der Waals surface area (Å²) in [5, 5.41) is 3.34. The number of nitrogens with one attached hydrogen (secondary N) is 1. The molecular weight excluding hydrogens is 282 g/mol. The van der Waals surface area contributed by atoms with Crippen molar-refractivity contribution < 1.29 is 17.6 Å². The van der Waals surface area contributed by atoms with Crippen molar-refractivity contribution in [3.05, 3.63) is 35.1 Å². The maximum atomic E-state index is 13.7. The van der Waals surface area contributed by atoms with Gasteiger partial charge in [0.15, 0.2) is 0 Å². The van der Waals surface area contributed by atoms with E-state index in [1.54, 1.807) is 6.07 Å². The Balaban J connectivity index is 1.67. The normalized spacial score (nSPS) is 29.4. The number of halogens is 4. The molecular formula is C16H19F4N. The zero-order valence-electron chi connectivity index (χ0n) is 11.7. The van der Waals surface area contributed by atoms with Gasteiger partial charge in [0.25, 0.3) is 0 Å². The van der Waals surface area contributed by atoms with Gasteiger partial charge in [-0.25, -0.2) is 4.39 Å². The minimum atomic E-state index is -4.10. The van der Waals surface area contributed by atoms with E-state index >= 15 is 0 Å². The molecule has 3 atom stereocenters. The zero-order valence-corrected chi connectivity index (χ0v) is 11.7. The molecule has 2 aliphatic rings. The second-order valence-corrected chi connectivity index (χ2v) is 6.17. The van der Waals surface area contributed by atoms with Crippen LogP contribution in [0.25, 0.3) is 0 Å². The smallest absolute Gasteiger partial charge is 0.307 e. The average molecular weight is 301 g/mol. The maximum absolute atomic E-state index is 13.7. The van der Waals surface area contributed by atoms with E-state index in [0.29, 0.717) is 12.8 Å². The molecule has 0 saturated heterocycles. The predicted octanol–water partition coefficient (Wildman–Crippen LogP) is 4.52. The van der Waals surface area contributed by atoms with Crippen LogP contribution in [-0.2, 0) is 6.42 Å². The Kier molecular flexibility index (Phi) is 3.95. The predicted molar refractivity (Wildman–Crippen MR) is 72.4 cm³/mol. The van der Waals surface area contributed by atoms with Gasteiger partial charge >= 0.3 is 6.18 Å².